The summed E-state index contributed by atoms with van der Waals surface area (Å²) in [5, 5.41) is 4.39. The minimum absolute atomic E-state index is 0.160. The predicted molar refractivity (Wildman–Crippen MR) is 90.8 cm³/mol. The van der Waals surface area contributed by atoms with Crippen LogP contribution in [0, 0.1) is 5.92 Å². The highest BCUT2D eigenvalue weighted by Crippen LogP contribution is 2.33. The molecule has 0 saturated heterocycles. The number of rotatable bonds is 2. The summed E-state index contributed by atoms with van der Waals surface area (Å²) in [7, 11) is 1.84. The summed E-state index contributed by atoms with van der Waals surface area (Å²) in [5.74, 6) is -0.150. The Morgan fingerprint density at radius 3 is 2.96 bits per heavy atom. The van der Waals surface area contributed by atoms with Crippen LogP contribution in [0.2, 0.25) is 0 Å². The van der Waals surface area contributed by atoms with E-state index < -0.39 is 0 Å². The Bertz CT molecular complexity index is 963. The molecule has 1 aliphatic heterocycles. The van der Waals surface area contributed by atoms with Gasteiger partial charge in [-0.15, -0.1) is 0 Å². The van der Waals surface area contributed by atoms with Crippen molar-refractivity contribution in [3.05, 3.63) is 54.0 Å². The van der Waals surface area contributed by atoms with Gasteiger partial charge in [0.15, 0.2) is 0 Å². The number of hydrogen-bond acceptors (Lipinski definition) is 5. The minimum Gasteiger partial charge on any atom is -0.382 e. The van der Waals surface area contributed by atoms with Crippen LogP contribution in [0.25, 0.3) is 17.0 Å². The Kier molecular flexibility index (Phi) is 3.19. The number of anilines is 1. The van der Waals surface area contributed by atoms with Gasteiger partial charge in [0.1, 0.15) is 17.2 Å². The fraction of sp³-hybridized carbons (Fsp3) is 0.118. The van der Waals surface area contributed by atoms with Crippen LogP contribution in [0.15, 0.2) is 53.3 Å². The second-order valence-electron chi connectivity index (χ2n) is 5.59. The number of aryl methyl sites for hydroxylation is 1. The largest absolute Gasteiger partial charge is 0.382 e. The van der Waals surface area contributed by atoms with Gasteiger partial charge in [-0.2, -0.15) is 5.10 Å². The van der Waals surface area contributed by atoms with E-state index in [-0.39, 0.29) is 11.8 Å². The average Bonchev–Trinajstić information content (AvgIpc) is 3.01. The lowest BCUT2D eigenvalue weighted by Crippen LogP contribution is -2.17. The Morgan fingerprint density at radius 1 is 1.29 bits per heavy atom. The lowest BCUT2D eigenvalue weighted by molar-refractivity contribution is -0.119. The quantitative estimate of drug-likeness (QED) is 0.906. The number of carbonyl (C=O) groups excluding carboxylic acids is 1. The number of nitrogens with two attached hydrogens (primary N) is 1. The summed E-state index contributed by atoms with van der Waals surface area (Å²) in [6.45, 7) is 0. The molecule has 118 valence electrons. The molecule has 2 aromatic heterocycles. The van der Waals surface area contributed by atoms with Crippen LogP contribution in [0.5, 0.6) is 0 Å². The standard InChI is InChI=1S/C17H14N6O/c1-23-7-5-13(22-23)16-15(20-9-14(18)21-16)11-2-3-12-10(8-11)4-6-19-17(12)24/h2-9,12H,1H3,(H2,18,21). The zero-order valence-corrected chi connectivity index (χ0v) is 12.9. The number of allylic oxidation sites excluding steroid dienone is 4. The molecule has 24 heavy (non-hydrogen) atoms. The molecule has 0 saturated carbocycles. The lowest BCUT2D eigenvalue weighted by atomic mass is 9.88. The van der Waals surface area contributed by atoms with Crippen molar-refractivity contribution < 1.29 is 4.79 Å². The molecule has 7 nitrogen and oxygen atoms in total. The second-order valence-corrected chi connectivity index (χ2v) is 5.59. The Balaban J connectivity index is 1.83. The van der Waals surface area contributed by atoms with E-state index in [1.165, 1.54) is 12.4 Å². The van der Waals surface area contributed by atoms with Crippen LogP contribution in [-0.2, 0) is 11.8 Å². The van der Waals surface area contributed by atoms with Gasteiger partial charge in [-0.1, -0.05) is 12.2 Å². The first kappa shape index (κ1) is 14.3. The zero-order chi connectivity index (χ0) is 16.7. The maximum atomic E-state index is 11.8. The SMILES string of the molecule is Cn1ccc(-c2nc(N)cnc2C2=CC3=CC=NC(=O)C3C=C2)n1. The van der Waals surface area contributed by atoms with E-state index in [4.69, 9.17) is 5.73 Å². The molecule has 3 heterocycles. The van der Waals surface area contributed by atoms with Gasteiger partial charge in [0.2, 0.25) is 0 Å². The first-order valence-corrected chi connectivity index (χ1v) is 7.43. The number of hydrogen-bond donors (Lipinski definition) is 1. The van der Waals surface area contributed by atoms with Crippen molar-refractivity contribution in [2.45, 2.75) is 0 Å². The molecule has 1 aliphatic carbocycles. The van der Waals surface area contributed by atoms with Crippen LogP contribution in [0.3, 0.4) is 0 Å². The van der Waals surface area contributed by atoms with Crippen molar-refractivity contribution >= 4 is 23.5 Å². The van der Waals surface area contributed by atoms with E-state index in [0.717, 1.165) is 11.1 Å². The maximum absolute atomic E-state index is 11.8. The summed E-state index contributed by atoms with van der Waals surface area (Å²) < 4.78 is 1.70. The van der Waals surface area contributed by atoms with E-state index in [2.05, 4.69) is 20.1 Å². The number of nitrogens with zero attached hydrogens (tertiary/aromatic N) is 5. The highest BCUT2D eigenvalue weighted by Gasteiger charge is 2.25. The number of nitrogen functional groups attached to an aromatic ring is 1. The third-order valence-electron chi connectivity index (χ3n) is 3.91. The van der Waals surface area contributed by atoms with Gasteiger partial charge >= 0.3 is 0 Å². The number of fused-ring (bicyclic) bond motifs is 1. The van der Waals surface area contributed by atoms with Crippen molar-refractivity contribution in [3.63, 3.8) is 0 Å². The molecule has 7 heteroatoms. The maximum Gasteiger partial charge on any atom is 0.257 e. The van der Waals surface area contributed by atoms with E-state index in [9.17, 15) is 4.79 Å². The molecular formula is C17H14N6O. The molecule has 4 rings (SSSR count). The summed E-state index contributed by atoms with van der Waals surface area (Å²) in [6.07, 6.45) is 12.3. The number of aromatic nitrogens is 4. The van der Waals surface area contributed by atoms with E-state index in [0.29, 0.717) is 22.9 Å². The van der Waals surface area contributed by atoms with Gasteiger partial charge in [0.05, 0.1) is 17.8 Å². The van der Waals surface area contributed by atoms with Gasteiger partial charge in [-0.3, -0.25) is 14.5 Å². The van der Waals surface area contributed by atoms with Crippen molar-refractivity contribution in [3.8, 4) is 11.4 Å². The minimum atomic E-state index is -0.321. The third kappa shape index (κ3) is 2.36. The fourth-order valence-corrected chi connectivity index (χ4v) is 2.76. The summed E-state index contributed by atoms with van der Waals surface area (Å²) >= 11 is 0. The van der Waals surface area contributed by atoms with Crippen LogP contribution in [-0.4, -0.2) is 31.9 Å². The normalized spacial score (nSPS) is 19.0. The molecule has 2 N–H and O–H groups in total. The van der Waals surface area contributed by atoms with E-state index >= 15 is 0 Å². The van der Waals surface area contributed by atoms with Gasteiger partial charge in [-0.05, 0) is 23.8 Å². The first-order valence-electron chi connectivity index (χ1n) is 7.43. The van der Waals surface area contributed by atoms with Crippen molar-refractivity contribution in [1.29, 1.82) is 0 Å². The fourth-order valence-electron chi connectivity index (χ4n) is 2.76. The van der Waals surface area contributed by atoms with Crippen molar-refractivity contribution in [2.75, 3.05) is 5.73 Å². The Morgan fingerprint density at radius 2 is 2.17 bits per heavy atom. The van der Waals surface area contributed by atoms with E-state index in [1.54, 1.807) is 4.68 Å². The number of aliphatic imine (C=N–C) groups is 1. The predicted octanol–water partition coefficient (Wildman–Crippen LogP) is 1.57. The third-order valence-corrected chi connectivity index (χ3v) is 3.91. The van der Waals surface area contributed by atoms with Crippen LogP contribution >= 0.6 is 0 Å². The van der Waals surface area contributed by atoms with Crippen LogP contribution in [0.1, 0.15) is 5.69 Å². The summed E-state index contributed by atoms with van der Waals surface area (Å²) in [5.41, 5.74) is 9.53. The Hall–Kier alpha value is -3.35. The van der Waals surface area contributed by atoms with Crippen LogP contribution < -0.4 is 5.73 Å². The number of carbonyl (C=O) groups is 1. The number of amides is 1. The number of dihydropyridines is 1. The Labute approximate surface area is 138 Å². The van der Waals surface area contributed by atoms with Gasteiger partial charge in [0, 0.05) is 25.0 Å². The monoisotopic (exact) mass is 318 g/mol. The summed E-state index contributed by atoms with van der Waals surface area (Å²) in [4.78, 5) is 24.5. The van der Waals surface area contributed by atoms with Gasteiger partial charge in [-0.25, -0.2) is 9.98 Å². The van der Waals surface area contributed by atoms with Gasteiger partial charge < -0.3 is 5.73 Å². The molecule has 0 fully saturated rings. The molecule has 2 aliphatic rings. The van der Waals surface area contributed by atoms with E-state index in [1.807, 2.05) is 43.6 Å². The molecule has 0 aromatic carbocycles. The zero-order valence-electron chi connectivity index (χ0n) is 12.9. The van der Waals surface area contributed by atoms with Crippen LogP contribution in [0.4, 0.5) is 5.82 Å². The molecule has 0 radical (unpaired) electrons. The van der Waals surface area contributed by atoms with Crippen molar-refractivity contribution in [2.24, 2.45) is 18.0 Å². The highest BCUT2D eigenvalue weighted by molar-refractivity contribution is 6.00. The first-order chi connectivity index (χ1) is 11.6. The molecule has 1 amide bonds. The molecule has 0 spiro atoms. The molecule has 1 atom stereocenters. The highest BCUT2D eigenvalue weighted by atomic mass is 16.1. The smallest absolute Gasteiger partial charge is 0.257 e. The average molecular weight is 318 g/mol. The summed E-state index contributed by atoms with van der Waals surface area (Å²) in [6, 6.07) is 1.86. The van der Waals surface area contributed by atoms with Gasteiger partial charge in [0.25, 0.3) is 5.91 Å². The van der Waals surface area contributed by atoms with Crippen molar-refractivity contribution in [1.82, 2.24) is 19.7 Å². The molecule has 0 bridgehead atoms. The molecule has 1 unspecified atom stereocenters. The lowest BCUT2D eigenvalue weighted by Gasteiger charge is -2.19. The topological polar surface area (TPSA) is 99.0 Å². The second kappa shape index (κ2) is 5.38. The molecular weight excluding hydrogens is 304 g/mol. The molecule has 2 aromatic rings.